The standard InChI is InChI=1S/C18H23N3O4/c1-12(2)17-19-20-18(25-17)15-10-21(8-9-23-15)16(22)11-24-14-7-5-4-6-13(14)3/h4-7,12,15H,8-11H2,1-3H3. The van der Waals surface area contributed by atoms with E-state index >= 15 is 0 Å². The molecule has 1 aromatic carbocycles. The Morgan fingerprint density at radius 1 is 1.36 bits per heavy atom. The van der Waals surface area contributed by atoms with Crippen molar-refractivity contribution in [2.75, 3.05) is 26.3 Å². The Morgan fingerprint density at radius 2 is 2.16 bits per heavy atom. The van der Waals surface area contributed by atoms with Crippen molar-refractivity contribution in [1.82, 2.24) is 15.1 Å². The van der Waals surface area contributed by atoms with Crippen LogP contribution in [0.1, 0.15) is 43.2 Å². The number of para-hydroxylation sites is 1. The summed E-state index contributed by atoms with van der Waals surface area (Å²) in [5.41, 5.74) is 1.00. The van der Waals surface area contributed by atoms with Crippen LogP contribution in [0.2, 0.25) is 0 Å². The van der Waals surface area contributed by atoms with Gasteiger partial charge in [-0.05, 0) is 18.6 Å². The monoisotopic (exact) mass is 345 g/mol. The quantitative estimate of drug-likeness (QED) is 0.828. The molecule has 1 aromatic heterocycles. The highest BCUT2D eigenvalue weighted by molar-refractivity contribution is 5.78. The average molecular weight is 345 g/mol. The maximum absolute atomic E-state index is 12.5. The first kappa shape index (κ1) is 17.4. The minimum atomic E-state index is -0.392. The SMILES string of the molecule is Cc1ccccc1OCC(=O)N1CCOC(c2nnc(C(C)C)o2)C1. The van der Waals surface area contributed by atoms with Gasteiger partial charge in [-0.15, -0.1) is 10.2 Å². The largest absolute Gasteiger partial charge is 0.484 e. The Balaban J connectivity index is 1.58. The lowest BCUT2D eigenvalue weighted by Gasteiger charge is -2.31. The van der Waals surface area contributed by atoms with E-state index in [1.165, 1.54) is 0 Å². The van der Waals surface area contributed by atoms with Crippen molar-refractivity contribution >= 4 is 5.91 Å². The zero-order chi connectivity index (χ0) is 17.8. The molecule has 7 nitrogen and oxygen atoms in total. The van der Waals surface area contributed by atoms with Gasteiger partial charge in [0, 0.05) is 12.5 Å². The number of aryl methyl sites for hydroxylation is 1. The van der Waals surface area contributed by atoms with Crippen LogP contribution in [0.15, 0.2) is 28.7 Å². The minimum absolute atomic E-state index is 0.00134. The van der Waals surface area contributed by atoms with Gasteiger partial charge in [0.05, 0.1) is 13.2 Å². The molecular formula is C18H23N3O4. The summed E-state index contributed by atoms with van der Waals surface area (Å²) in [5, 5.41) is 8.07. The van der Waals surface area contributed by atoms with Gasteiger partial charge in [0.15, 0.2) is 12.7 Å². The van der Waals surface area contributed by atoms with Crippen LogP contribution in [0.4, 0.5) is 0 Å². The third-order valence-electron chi connectivity index (χ3n) is 4.09. The molecule has 0 saturated carbocycles. The molecule has 1 aliphatic rings. The maximum Gasteiger partial charge on any atom is 0.260 e. The van der Waals surface area contributed by atoms with Crippen LogP contribution in [0.5, 0.6) is 5.75 Å². The molecule has 1 unspecified atom stereocenters. The molecule has 0 N–H and O–H groups in total. The van der Waals surface area contributed by atoms with Crippen LogP contribution in [0.3, 0.4) is 0 Å². The molecular weight excluding hydrogens is 322 g/mol. The second-order valence-electron chi connectivity index (χ2n) is 6.39. The summed E-state index contributed by atoms with van der Waals surface area (Å²) in [4.78, 5) is 14.2. The fraction of sp³-hybridized carbons (Fsp3) is 0.500. The number of carbonyl (C=O) groups is 1. The smallest absolute Gasteiger partial charge is 0.260 e. The van der Waals surface area contributed by atoms with E-state index in [1.54, 1.807) is 4.90 Å². The van der Waals surface area contributed by atoms with Gasteiger partial charge in [-0.3, -0.25) is 4.79 Å². The van der Waals surface area contributed by atoms with Gasteiger partial charge in [0.2, 0.25) is 11.8 Å². The summed E-state index contributed by atoms with van der Waals surface area (Å²) < 4.78 is 17.0. The van der Waals surface area contributed by atoms with Crippen molar-refractivity contribution in [1.29, 1.82) is 0 Å². The lowest BCUT2D eigenvalue weighted by molar-refractivity contribution is -0.142. The summed E-state index contributed by atoms with van der Waals surface area (Å²) >= 11 is 0. The van der Waals surface area contributed by atoms with E-state index in [1.807, 2.05) is 45.0 Å². The molecule has 7 heteroatoms. The van der Waals surface area contributed by atoms with E-state index in [0.29, 0.717) is 31.5 Å². The molecule has 1 atom stereocenters. The molecule has 2 aromatic rings. The molecule has 3 rings (SSSR count). The predicted octanol–water partition coefficient (Wildman–Crippen LogP) is 2.48. The Bertz CT molecular complexity index is 729. The summed E-state index contributed by atoms with van der Waals surface area (Å²) in [6.07, 6.45) is -0.392. The third kappa shape index (κ3) is 4.17. The molecule has 1 amide bonds. The van der Waals surface area contributed by atoms with Crippen LogP contribution in [-0.4, -0.2) is 47.3 Å². The topological polar surface area (TPSA) is 77.7 Å². The molecule has 1 saturated heterocycles. The van der Waals surface area contributed by atoms with Gasteiger partial charge in [-0.25, -0.2) is 0 Å². The van der Waals surface area contributed by atoms with E-state index in [2.05, 4.69) is 10.2 Å². The van der Waals surface area contributed by atoms with E-state index in [-0.39, 0.29) is 18.4 Å². The molecule has 134 valence electrons. The normalized spacial score (nSPS) is 17.8. The van der Waals surface area contributed by atoms with Crippen LogP contribution >= 0.6 is 0 Å². The maximum atomic E-state index is 12.5. The molecule has 0 bridgehead atoms. The number of carbonyl (C=O) groups excluding carboxylic acids is 1. The third-order valence-corrected chi connectivity index (χ3v) is 4.09. The molecule has 2 heterocycles. The Hall–Kier alpha value is -2.41. The fourth-order valence-corrected chi connectivity index (χ4v) is 2.58. The average Bonchev–Trinajstić information content (AvgIpc) is 3.11. The van der Waals surface area contributed by atoms with Crippen LogP contribution in [-0.2, 0) is 9.53 Å². The highest BCUT2D eigenvalue weighted by Gasteiger charge is 2.29. The second-order valence-corrected chi connectivity index (χ2v) is 6.39. The number of aromatic nitrogens is 2. The first-order valence-electron chi connectivity index (χ1n) is 8.45. The first-order valence-corrected chi connectivity index (χ1v) is 8.45. The van der Waals surface area contributed by atoms with Crippen LogP contribution in [0, 0.1) is 6.92 Å². The van der Waals surface area contributed by atoms with Crippen molar-refractivity contribution in [2.24, 2.45) is 0 Å². The Kier molecular flexibility index (Phi) is 5.33. The number of rotatable bonds is 5. The fourth-order valence-electron chi connectivity index (χ4n) is 2.58. The Morgan fingerprint density at radius 3 is 2.88 bits per heavy atom. The number of benzene rings is 1. The highest BCUT2D eigenvalue weighted by atomic mass is 16.5. The van der Waals surface area contributed by atoms with E-state index in [9.17, 15) is 4.79 Å². The van der Waals surface area contributed by atoms with Crippen molar-refractivity contribution in [3.05, 3.63) is 41.6 Å². The molecule has 0 aliphatic carbocycles. The minimum Gasteiger partial charge on any atom is -0.484 e. The van der Waals surface area contributed by atoms with Crippen molar-refractivity contribution < 1.29 is 18.7 Å². The van der Waals surface area contributed by atoms with E-state index < -0.39 is 6.10 Å². The summed E-state index contributed by atoms with van der Waals surface area (Å²) in [6.45, 7) is 7.26. The predicted molar refractivity (Wildman–Crippen MR) is 90.3 cm³/mol. The number of ether oxygens (including phenoxy) is 2. The van der Waals surface area contributed by atoms with Crippen molar-refractivity contribution in [2.45, 2.75) is 32.8 Å². The van der Waals surface area contributed by atoms with Gasteiger partial charge in [-0.2, -0.15) is 0 Å². The molecule has 1 aliphatic heterocycles. The number of amides is 1. The van der Waals surface area contributed by atoms with Gasteiger partial charge in [0.1, 0.15) is 5.75 Å². The van der Waals surface area contributed by atoms with Crippen LogP contribution in [0.25, 0.3) is 0 Å². The van der Waals surface area contributed by atoms with E-state index in [0.717, 1.165) is 11.3 Å². The molecule has 0 spiro atoms. The molecule has 1 fully saturated rings. The lowest BCUT2D eigenvalue weighted by Crippen LogP contribution is -2.44. The van der Waals surface area contributed by atoms with Crippen molar-refractivity contribution in [3.63, 3.8) is 0 Å². The number of hydrogen-bond acceptors (Lipinski definition) is 6. The van der Waals surface area contributed by atoms with Gasteiger partial charge in [-0.1, -0.05) is 32.0 Å². The zero-order valence-electron chi connectivity index (χ0n) is 14.8. The molecule has 0 radical (unpaired) electrons. The summed E-state index contributed by atoms with van der Waals surface area (Å²) in [6, 6.07) is 7.63. The molecule has 25 heavy (non-hydrogen) atoms. The van der Waals surface area contributed by atoms with E-state index in [4.69, 9.17) is 13.9 Å². The zero-order valence-corrected chi connectivity index (χ0v) is 14.8. The summed E-state index contributed by atoms with van der Waals surface area (Å²) in [5.74, 6) is 1.79. The summed E-state index contributed by atoms with van der Waals surface area (Å²) in [7, 11) is 0. The first-order chi connectivity index (χ1) is 12.0. The van der Waals surface area contributed by atoms with Gasteiger partial charge < -0.3 is 18.8 Å². The lowest BCUT2D eigenvalue weighted by atomic mass is 10.2. The van der Waals surface area contributed by atoms with Crippen molar-refractivity contribution in [3.8, 4) is 5.75 Å². The second kappa shape index (κ2) is 7.65. The number of nitrogens with zero attached hydrogens (tertiary/aromatic N) is 3. The van der Waals surface area contributed by atoms with Crippen LogP contribution < -0.4 is 4.74 Å². The number of hydrogen-bond donors (Lipinski definition) is 0. The highest BCUT2D eigenvalue weighted by Crippen LogP contribution is 2.23. The van der Waals surface area contributed by atoms with Gasteiger partial charge >= 0.3 is 0 Å². The number of morpholine rings is 1. The van der Waals surface area contributed by atoms with Gasteiger partial charge in [0.25, 0.3) is 5.91 Å². The Labute approximate surface area is 146 Å².